The van der Waals surface area contributed by atoms with Gasteiger partial charge in [0.2, 0.25) is 41.4 Å². The van der Waals surface area contributed by atoms with Crippen LogP contribution in [0.5, 0.6) is 5.75 Å². The highest BCUT2D eigenvalue weighted by Crippen LogP contribution is 2.20. The minimum Gasteiger partial charge on any atom is -0.508 e. The molecule has 0 spiro atoms. The monoisotopic (exact) mass is 1100 g/mol. The van der Waals surface area contributed by atoms with Gasteiger partial charge >= 0.3 is 12.0 Å². The Labute approximate surface area is 454 Å². The molecule has 27 nitrogen and oxygen atoms in total. The van der Waals surface area contributed by atoms with Gasteiger partial charge in [0.15, 0.2) is 5.96 Å². The summed E-state index contributed by atoms with van der Waals surface area (Å²) >= 11 is 0. The summed E-state index contributed by atoms with van der Waals surface area (Å²) in [6.07, 6.45) is -1.19. The number of phenolic OH excluding ortho intramolecular Hbond substituents is 1. The number of aromatic nitrogens is 1. The molecule has 1 heterocycles. The summed E-state index contributed by atoms with van der Waals surface area (Å²) < 4.78 is 0. The number of phenols is 1. The largest absolute Gasteiger partial charge is 0.508 e. The highest BCUT2D eigenvalue weighted by atomic mass is 16.4. The third kappa shape index (κ3) is 21.0. The number of guanidine groups is 1. The molecule has 0 aliphatic heterocycles. The number of urea groups is 1. The van der Waals surface area contributed by atoms with E-state index in [4.69, 9.17) is 16.9 Å². The summed E-state index contributed by atoms with van der Waals surface area (Å²) in [4.78, 5) is 137. The van der Waals surface area contributed by atoms with Crippen molar-refractivity contribution in [3.63, 3.8) is 0 Å². The number of aliphatic carboxylic acids is 1. The van der Waals surface area contributed by atoms with Crippen molar-refractivity contribution in [2.45, 2.75) is 121 Å². The Morgan fingerprint density at radius 2 is 1.15 bits per heavy atom. The standard InChI is InChI=1S/C52H70N14O13/c1-27(2)21-37(44(71)59-36(50(77)78)15-10-20-56-51(54)55)63-52(79)66-65-48(75)39(22-30-11-6-5-7-12-30)62-49(76)43(28(3)67)64-47(74)41(25-42(53)70)61-46(73)40(24-32-26-57-35-14-9-8-13-34(32)35)60-45(72)38(58-29(4)68)23-31-16-18-33(69)19-17-31/h5-9,11-14,16-19,26-28,36-41,43,57,67,69H,10,15,20-25H2,1-4H3,(H2,53,70)(H,58,68)(H,59,71)(H,60,72)(H,61,73)(H,62,76)(H,64,74)(H,65,75)(H,77,78)(H4,54,55,56)(H2,63,66,79)/t28-,36+,37+,38-,39+,40-,41+,43+/m1/s1. The number of hydrazine groups is 1. The molecule has 0 fully saturated rings. The van der Waals surface area contributed by atoms with Gasteiger partial charge < -0.3 is 74.3 Å². The first-order chi connectivity index (χ1) is 37.4. The fourth-order valence-electron chi connectivity index (χ4n) is 8.15. The second-order valence-corrected chi connectivity index (χ2v) is 19.1. The van der Waals surface area contributed by atoms with Crippen LogP contribution in [0, 0.1) is 11.3 Å². The number of aromatic amines is 1. The van der Waals surface area contributed by atoms with Crippen molar-refractivity contribution in [3.8, 4) is 5.75 Å². The molecule has 3 aromatic carbocycles. The van der Waals surface area contributed by atoms with Crippen LogP contribution in [0.15, 0.2) is 85.1 Å². The van der Waals surface area contributed by atoms with Crippen LogP contribution >= 0.6 is 0 Å². The number of rotatable bonds is 29. The quantitative estimate of drug-likeness (QED) is 0.0123. The number of carbonyl (C=O) groups excluding carboxylic acids is 9. The normalized spacial score (nSPS) is 14.0. The zero-order valence-electron chi connectivity index (χ0n) is 44.0. The van der Waals surface area contributed by atoms with Gasteiger partial charge in [-0.25, -0.2) is 15.0 Å². The number of carbonyl (C=O) groups is 10. The molecule has 19 N–H and O–H groups in total. The van der Waals surface area contributed by atoms with Crippen molar-refractivity contribution in [1.29, 1.82) is 5.41 Å². The van der Waals surface area contributed by atoms with E-state index in [2.05, 4.69) is 58.4 Å². The topological polar surface area (TPSA) is 443 Å². The summed E-state index contributed by atoms with van der Waals surface area (Å²) in [7, 11) is 0. The molecule has 27 heteroatoms. The Balaban J connectivity index is 1.53. The van der Waals surface area contributed by atoms with Gasteiger partial charge in [-0.15, -0.1) is 0 Å². The molecule has 4 aromatic rings. The van der Waals surface area contributed by atoms with Crippen molar-refractivity contribution in [2.24, 2.45) is 17.4 Å². The lowest BCUT2D eigenvalue weighted by Gasteiger charge is -2.28. The summed E-state index contributed by atoms with van der Waals surface area (Å²) in [5, 5.41) is 58.1. The van der Waals surface area contributed by atoms with E-state index in [1.54, 1.807) is 86.8 Å². The number of benzene rings is 3. The van der Waals surface area contributed by atoms with Crippen molar-refractivity contribution in [3.05, 3.63) is 102 Å². The number of hydrogen-bond donors (Lipinski definition) is 17. The number of nitrogens with two attached hydrogens (primary N) is 2. The minimum atomic E-state index is -1.88. The van der Waals surface area contributed by atoms with E-state index in [-0.39, 0.29) is 62.7 Å². The Morgan fingerprint density at radius 3 is 1.75 bits per heavy atom. The summed E-state index contributed by atoms with van der Waals surface area (Å²) in [6.45, 7) is 5.99. The lowest BCUT2D eigenvalue weighted by molar-refractivity contribution is -0.142. The molecular formula is C52H70N14O13. The molecule has 0 aliphatic rings. The molecule has 0 radical (unpaired) electrons. The van der Waals surface area contributed by atoms with Gasteiger partial charge in [0, 0.05) is 49.8 Å². The maximum atomic E-state index is 14.4. The minimum absolute atomic E-state index is 0.0372. The second-order valence-electron chi connectivity index (χ2n) is 19.1. The highest BCUT2D eigenvalue weighted by Gasteiger charge is 2.36. The van der Waals surface area contributed by atoms with Crippen molar-refractivity contribution in [2.75, 3.05) is 6.54 Å². The van der Waals surface area contributed by atoms with Gasteiger partial charge in [-0.2, -0.15) is 0 Å². The number of aliphatic hydroxyl groups is 1. The van der Waals surface area contributed by atoms with Crippen molar-refractivity contribution in [1.82, 2.24) is 58.4 Å². The lowest BCUT2D eigenvalue weighted by Crippen LogP contribution is -2.62. The average Bonchev–Trinajstić information content (AvgIpc) is 3.81. The highest BCUT2D eigenvalue weighted by molar-refractivity contribution is 5.99. The molecule has 426 valence electrons. The number of H-pyrrole nitrogens is 1. The third-order valence-electron chi connectivity index (χ3n) is 12.0. The van der Waals surface area contributed by atoms with Crippen LogP contribution in [0.25, 0.3) is 10.9 Å². The number of aromatic hydroxyl groups is 1. The van der Waals surface area contributed by atoms with Crippen LogP contribution in [0.3, 0.4) is 0 Å². The summed E-state index contributed by atoms with van der Waals surface area (Å²) in [5.41, 5.74) is 17.4. The van der Waals surface area contributed by atoms with Gasteiger partial charge in [-0.1, -0.05) is 74.5 Å². The summed E-state index contributed by atoms with van der Waals surface area (Å²) in [6, 6.07) is 9.47. The first kappa shape index (κ1) is 62.3. The molecule has 0 saturated heterocycles. The zero-order chi connectivity index (χ0) is 58.3. The molecule has 0 unspecified atom stereocenters. The predicted octanol–water partition coefficient (Wildman–Crippen LogP) is -1.82. The van der Waals surface area contributed by atoms with Crippen LogP contribution < -0.4 is 64.9 Å². The predicted molar refractivity (Wildman–Crippen MR) is 287 cm³/mol. The van der Waals surface area contributed by atoms with E-state index in [9.17, 15) is 63.3 Å². The Bertz CT molecular complexity index is 2790. The SMILES string of the molecule is CC(=O)N[C@H](Cc1ccc(O)cc1)C(=O)N[C@H](Cc1c[nH]c2ccccc12)C(=O)N[C@@H](CC(N)=O)C(=O)N[C@H](C(=O)N[C@@H](Cc1ccccc1)C(=O)NNC(=O)N[C@@H](CC(C)C)C(=O)N[C@@H](CCCNC(=N)N)C(=O)O)[C@@H](C)O. The number of amides is 10. The van der Waals surface area contributed by atoms with E-state index < -0.39 is 114 Å². The number of para-hydroxylation sites is 1. The van der Waals surface area contributed by atoms with Crippen molar-refractivity contribution < 1.29 is 63.3 Å². The smallest absolute Gasteiger partial charge is 0.334 e. The molecule has 79 heavy (non-hydrogen) atoms. The number of hydrogen-bond acceptors (Lipinski definition) is 13. The van der Waals surface area contributed by atoms with Crippen LogP contribution in [-0.2, 0) is 62.4 Å². The molecule has 0 bridgehead atoms. The van der Waals surface area contributed by atoms with E-state index in [0.29, 0.717) is 27.6 Å². The van der Waals surface area contributed by atoms with Gasteiger partial charge in [0.1, 0.15) is 48.0 Å². The second kappa shape index (κ2) is 30.5. The Hall–Kier alpha value is -9.27. The van der Waals surface area contributed by atoms with Crippen LogP contribution in [-0.4, -0.2) is 140 Å². The Kier molecular flexibility index (Phi) is 24.0. The van der Waals surface area contributed by atoms with Gasteiger partial charge in [-0.05, 0) is 67.0 Å². The van der Waals surface area contributed by atoms with E-state index in [1.807, 2.05) is 0 Å². The molecule has 10 amide bonds. The lowest BCUT2D eigenvalue weighted by atomic mass is 10.0. The number of aliphatic hydroxyl groups excluding tert-OH is 1. The number of carboxylic acid groups (broad SMARTS) is 1. The molecule has 8 atom stereocenters. The van der Waals surface area contributed by atoms with Crippen molar-refractivity contribution >= 4 is 76.1 Å². The maximum absolute atomic E-state index is 14.4. The Morgan fingerprint density at radius 1 is 0.608 bits per heavy atom. The fraction of sp³-hybridized carbons (Fsp3) is 0.404. The average molecular weight is 1100 g/mol. The van der Waals surface area contributed by atoms with Gasteiger partial charge in [-0.3, -0.25) is 49.2 Å². The summed E-state index contributed by atoms with van der Waals surface area (Å²) in [5.74, 6) is -9.57. The van der Waals surface area contributed by atoms with Crippen LogP contribution in [0.2, 0.25) is 0 Å². The van der Waals surface area contributed by atoms with Crippen LogP contribution in [0.4, 0.5) is 4.79 Å². The fourth-order valence-corrected chi connectivity index (χ4v) is 8.15. The molecule has 4 rings (SSSR count). The maximum Gasteiger partial charge on any atom is 0.334 e. The van der Waals surface area contributed by atoms with Crippen LogP contribution in [0.1, 0.15) is 70.1 Å². The molecule has 1 aromatic heterocycles. The number of primary amides is 1. The first-order valence-electron chi connectivity index (χ1n) is 25.2. The zero-order valence-corrected chi connectivity index (χ0v) is 44.0. The number of nitrogens with one attached hydrogen (secondary N) is 12. The molecule has 0 aliphatic carbocycles. The van der Waals surface area contributed by atoms with Gasteiger partial charge in [0.25, 0.3) is 5.91 Å². The number of carboxylic acids is 1. The molecule has 0 saturated carbocycles. The van der Waals surface area contributed by atoms with Gasteiger partial charge in [0.05, 0.1) is 12.5 Å². The number of fused-ring (bicyclic) bond motifs is 1. The molecular weight excluding hydrogens is 1030 g/mol. The van der Waals surface area contributed by atoms with E-state index in [0.717, 1.165) is 6.92 Å². The third-order valence-corrected chi connectivity index (χ3v) is 12.0. The first-order valence-corrected chi connectivity index (χ1v) is 25.2. The van der Waals surface area contributed by atoms with E-state index >= 15 is 0 Å². The van der Waals surface area contributed by atoms with E-state index in [1.165, 1.54) is 19.1 Å².